The molecule has 4 heteroatoms. The Bertz CT molecular complexity index is 401. The molecule has 0 aliphatic carbocycles. The predicted molar refractivity (Wildman–Crippen MR) is 85.4 cm³/mol. The molecule has 1 rings (SSSR count). The summed E-state index contributed by atoms with van der Waals surface area (Å²) in [5, 5.41) is 3.24. The van der Waals surface area contributed by atoms with Crippen molar-refractivity contribution in [1.29, 1.82) is 0 Å². The fourth-order valence-electron chi connectivity index (χ4n) is 2.02. The molecule has 0 aromatic heterocycles. The molecule has 20 heavy (non-hydrogen) atoms. The van der Waals surface area contributed by atoms with Crippen LogP contribution in [0.5, 0.6) is 0 Å². The molecule has 0 aliphatic heterocycles. The number of carbonyl (C=O) groups is 1. The Balaban J connectivity index is 2.72. The van der Waals surface area contributed by atoms with Crippen LogP contribution in [-0.2, 0) is 0 Å². The quantitative estimate of drug-likeness (QED) is 0.793. The van der Waals surface area contributed by atoms with E-state index in [4.69, 9.17) is 0 Å². The van der Waals surface area contributed by atoms with Gasteiger partial charge in [0.1, 0.15) is 0 Å². The molecule has 0 saturated heterocycles. The van der Waals surface area contributed by atoms with Gasteiger partial charge in [-0.05, 0) is 51.7 Å². The Morgan fingerprint density at radius 1 is 1.05 bits per heavy atom. The molecule has 0 unspecified atom stereocenters. The van der Waals surface area contributed by atoms with E-state index in [1.54, 1.807) is 0 Å². The van der Waals surface area contributed by atoms with Gasteiger partial charge in [-0.25, -0.2) is 0 Å². The molecular weight excluding hydrogens is 250 g/mol. The number of hydrogen-bond acceptors (Lipinski definition) is 3. The summed E-state index contributed by atoms with van der Waals surface area (Å²) in [6.45, 7) is 7.52. The molecule has 1 aromatic rings. The van der Waals surface area contributed by atoms with Crippen LogP contribution in [0, 0.1) is 0 Å². The van der Waals surface area contributed by atoms with Gasteiger partial charge in [0.15, 0.2) is 0 Å². The van der Waals surface area contributed by atoms with E-state index in [-0.39, 0.29) is 5.91 Å². The molecule has 0 atom stereocenters. The third kappa shape index (κ3) is 5.21. The molecule has 0 bridgehead atoms. The highest BCUT2D eigenvalue weighted by Gasteiger charge is 2.14. The standard InChI is InChI=1S/C16H27N3O/c1-5-11-19(13-12-18(3)4)16(20)14-7-9-15(10-8-14)17-6-2/h7-10,17H,5-6,11-13H2,1-4H3. The molecule has 0 aliphatic rings. The van der Waals surface area contributed by atoms with Crippen LogP contribution < -0.4 is 5.32 Å². The minimum absolute atomic E-state index is 0.122. The molecule has 0 radical (unpaired) electrons. The summed E-state index contributed by atoms with van der Waals surface area (Å²) in [6, 6.07) is 7.73. The zero-order valence-corrected chi connectivity index (χ0v) is 13.1. The maximum atomic E-state index is 12.5. The number of amides is 1. The fraction of sp³-hybridized carbons (Fsp3) is 0.562. The lowest BCUT2D eigenvalue weighted by atomic mass is 10.1. The van der Waals surface area contributed by atoms with Crippen LogP contribution in [0.2, 0.25) is 0 Å². The SMILES string of the molecule is CCCN(CCN(C)C)C(=O)c1ccc(NCC)cc1. The van der Waals surface area contributed by atoms with Crippen LogP contribution in [0.1, 0.15) is 30.6 Å². The van der Waals surface area contributed by atoms with Crippen LogP contribution in [0.25, 0.3) is 0 Å². The van der Waals surface area contributed by atoms with Crippen molar-refractivity contribution in [2.75, 3.05) is 45.6 Å². The highest BCUT2D eigenvalue weighted by Crippen LogP contribution is 2.11. The van der Waals surface area contributed by atoms with Gasteiger partial charge in [-0.3, -0.25) is 4.79 Å². The van der Waals surface area contributed by atoms with E-state index >= 15 is 0 Å². The molecule has 0 heterocycles. The summed E-state index contributed by atoms with van der Waals surface area (Å²) < 4.78 is 0. The molecular formula is C16H27N3O. The van der Waals surface area contributed by atoms with Crippen molar-refractivity contribution in [3.8, 4) is 0 Å². The van der Waals surface area contributed by atoms with Crippen molar-refractivity contribution < 1.29 is 4.79 Å². The van der Waals surface area contributed by atoms with Gasteiger partial charge in [0.05, 0.1) is 0 Å². The van der Waals surface area contributed by atoms with Crippen LogP contribution in [0.4, 0.5) is 5.69 Å². The topological polar surface area (TPSA) is 35.6 Å². The second-order valence-electron chi connectivity index (χ2n) is 5.20. The monoisotopic (exact) mass is 277 g/mol. The van der Waals surface area contributed by atoms with Crippen molar-refractivity contribution in [1.82, 2.24) is 9.80 Å². The summed E-state index contributed by atoms with van der Waals surface area (Å²) in [5.74, 6) is 0.122. The summed E-state index contributed by atoms with van der Waals surface area (Å²) in [4.78, 5) is 16.5. The number of hydrogen-bond donors (Lipinski definition) is 1. The number of likely N-dealkylation sites (N-methyl/N-ethyl adjacent to an activating group) is 1. The minimum Gasteiger partial charge on any atom is -0.385 e. The van der Waals surface area contributed by atoms with E-state index in [2.05, 4.69) is 24.1 Å². The number of rotatable bonds is 8. The summed E-state index contributed by atoms with van der Waals surface area (Å²) in [7, 11) is 4.06. The van der Waals surface area contributed by atoms with E-state index in [1.165, 1.54) is 0 Å². The van der Waals surface area contributed by atoms with Crippen molar-refractivity contribution in [3.63, 3.8) is 0 Å². The predicted octanol–water partition coefficient (Wildman–Crippen LogP) is 2.53. The van der Waals surface area contributed by atoms with Crippen LogP contribution in [-0.4, -0.2) is 56.0 Å². The number of nitrogens with zero attached hydrogens (tertiary/aromatic N) is 2. The van der Waals surface area contributed by atoms with E-state index in [1.807, 2.05) is 43.3 Å². The Labute approximate surface area is 122 Å². The number of benzene rings is 1. The average molecular weight is 277 g/mol. The van der Waals surface area contributed by atoms with Gasteiger partial charge >= 0.3 is 0 Å². The van der Waals surface area contributed by atoms with E-state index in [9.17, 15) is 4.79 Å². The fourth-order valence-corrected chi connectivity index (χ4v) is 2.02. The Hall–Kier alpha value is -1.55. The third-order valence-corrected chi connectivity index (χ3v) is 3.11. The molecule has 4 nitrogen and oxygen atoms in total. The Morgan fingerprint density at radius 2 is 1.70 bits per heavy atom. The van der Waals surface area contributed by atoms with Gasteiger partial charge in [-0.1, -0.05) is 6.92 Å². The lowest BCUT2D eigenvalue weighted by Crippen LogP contribution is -2.37. The molecule has 0 spiro atoms. The maximum Gasteiger partial charge on any atom is 0.253 e. The van der Waals surface area contributed by atoms with E-state index in [0.29, 0.717) is 0 Å². The van der Waals surface area contributed by atoms with Gasteiger partial charge in [-0.15, -0.1) is 0 Å². The first kappa shape index (κ1) is 16.5. The highest BCUT2D eigenvalue weighted by atomic mass is 16.2. The maximum absolute atomic E-state index is 12.5. The summed E-state index contributed by atoms with van der Waals surface area (Å²) in [5.41, 5.74) is 1.82. The molecule has 112 valence electrons. The second-order valence-corrected chi connectivity index (χ2v) is 5.20. The normalized spacial score (nSPS) is 10.7. The Morgan fingerprint density at radius 3 is 2.20 bits per heavy atom. The lowest BCUT2D eigenvalue weighted by Gasteiger charge is -2.24. The van der Waals surface area contributed by atoms with Crippen molar-refractivity contribution in [3.05, 3.63) is 29.8 Å². The largest absolute Gasteiger partial charge is 0.385 e. The smallest absolute Gasteiger partial charge is 0.253 e. The summed E-state index contributed by atoms with van der Waals surface area (Å²) >= 11 is 0. The van der Waals surface area contributed by atoms with Crippen molar-refractivity contribution in [2.24, 2.45) is 0 Å². The first-order chi connectivity index (χ1) is 9.58. The molecule has 1 aromatic carbocycles. The van der Waals surface area contributed by atoms with Gasteiger partial charge in [-0.2, -0.15) is 0 Å². The molecule has 1 N–H and O–H groups in total. The lowest BCUT2D eigenvalue weighted by molar-refractivity contribution is 0.0745. The van der Waals surface area contributed by atoms with Crippen LogP contribution in [0.15, 0.2) is 24.3 Å². The van der Waals surface area contributed by atoms with Gasteiger partial charge in [0, 0.05) is 37.4 Å². The number of nitrogens with one attached hydrogen (secondary N) is 1. The first-order valence-electron chi connectivity index (χ1n) is 7.36. The van der Waals surface area contributed by atoms with E-state index < -0.39 is 0 Å². The van der Waals surface area contributed by atoms with Gasteiger partial charge in [0.25, 0.3) is 5.91 Å². The Kier molecular flexibility index (Phi) is 7.09. The zero-order chi connectivity index (χ0) is 15.0. The average Bonchev–Trinajstić information content (AvgIpc) is 2.44. The number of carbonyl (C=O) groups excluding carboxylic acids is 1. The minimum atomic E-state index is 0.122. The molecule has 0 saturated carbocycles. The van der Waals surface area contributed by atoms with Gasteiger partial charge < -0.3 is 15.1 Å². The summed E-state index contributed by atoms with van der Waals surface area (Å²) in [6.07, 6.45) is 0.981. The third-order valence-electron chi connectivity index (χ3n) is 3.11. The van der Waals surface area contributed by atoms with Gasteiger partial charge in [0.2, 0.25) is 0 Å². The first-order valence-corrected chi connectivity index (χ1v) is 7.36. The van der Waals surface area contributed by atoms with Crippen LogP contribution >= 0.6 is 0 Å². The van der Waals surface area contributed by atoms with Crippen molar-refractivity contribution in [2.45, 2.75) is 20.3 Å². The van der Waals surface area contributed by atoms with E-state index in [0.717, 1.165) is 43.9 Å². The van der Waals surface area contributed by atoms with Crippen molar-refractivity contribution >= 4 is 11.6 Å². The zero-order valence-electron chi connectivity index (χ0n) is 13.1. The molecule has 1 amide bonds. The van der Waals surface area contributed by atoms with Crippen LogP contribution in [0.3, 0.4) is 0 Å². The molecule has 0 fully saturated rings. The second kappa shape index (κ2) is 8.59. The highest BCUT2D eigenvalue weighted by molar-refractivity contribution is 5.94. The number of anilines is 1.